The first-order valence-corrected chi connectivity index (χ1v) is 7.31. The van der Waals surface area contributed by atoms with Crippen LogP contribution in [0.1, 0.15) is 44.1 Å². The van der Waals surface area contributed by atoms with Crippen LogP contribution in [0.15, 0.2) is 42.7 Å². The molecule has 0 bridgehead atoms. The maximum Gasteiger partial charge on any atom is 0.135 e. The van der Waals surface area contributed by atoms with Crippen LogP contribution in [0.4, 0.5) is 0 Å². The Labute approximate surface area is 115 Å². The standard InChI is InChI=1S/C17H22O2/c1-14-12-16(17(19-14)10-6-3-7-11-17)18-13-15-8-4-2-5-9-15/h2,4-5,8-9,16H,1,3,6-7,10-13H2. The lowest BCUT2D eigenvalue weighted by molar-refractivity contribution is -0.100. The first-order chi connectivity index (χ1) is 9.28. The minimum atomic E-state index is -0.0793. The Morgan fingerprint density at radius 3 is 2.63 bits per heavy atom. The van der Waals surface area contributed by atoms with Crippen molar-refractivity contribution in [2.24, 2.45) is 0 Å². The van der Waals surface area contributed by atoms with E-state index < -0.39 is 0 Å². The summed E-state index contributed by atoms with van der Waals surface area (Å²) >= 11 is 0. The van der Waals surface area contributed by atoms with E-state index in [2.05, 4.69) is 30.8 Å². The molecule has 0 amide bonds. The molecule has 2 aliphatic rings. The van der Waals surface area contributed by atoms with Crippen molar-refractivity contribution in [3.05, 3.63) is 48.2 Å². The van der Waals surface area contributed by atoms with Crippen molar-refractivity contribution in [1.29, 1.82) is 0 Å². The maximum absolute atomic E-state index is 6.17. The first-order valence-electron chi connectivity index (χ1n) is 7.31. The summed E-state index contributed by atoms with van der Waals surface area (Å²) in [6, 6.07) is 10.4. The lowest BCUT2D eigenvalue weighted by atomic mass is 9.81. The van der Waals surface area contributed by atoms with Gasteiger partial charge in [-0.2, -0.15) is 0 Å². The zero-order valence-corrected chi connectivity index (χ0v) is 11.4. The predicted octanol–water partition coefficient (Wildman–Crippen LogP) is 4.21. The fraction of sp³-hybridized carbons (Fsp3) is 0.529. The van der Waals surface area contributed by atoms with Gasteiger partial charge in [0.15, 0.2) is 0 Å². The van der Waals surface area contributed by atoms with Crippen molar-refractivity contribution < 1.29 is 9.47 Å². The zero-order valence-electron chi connectivity index (χ0n) is 11.4. The highest BCUT2D eigenvalue weighted by atomic mass is 16.6. The van der Waals surface area contributed by atoms with Crippen molar-refractivity contribution in [3.63, 3.8) is 0 Å². The Morgan fingerprint density at radius 1 is 1.16 bits per heavy atom. The Balaban J connectivity index is 1.67. The van der Waals surface area contributed by atoms with Crippen LogP contribution in [-0.2, 0) is 16.1 Å². The van der Waals surface area contributed by atoms with Crippen molar-refractivity contribution in [2.75, 3.05) is 0 Å². The molecule has 0 N–H and O–H groups in total. The molecule has 19 heavy (non-hydrogen) atoms. The van der Waals surface area contributed by atoms with Crippen LogP contribution in [0.3, 0.4) is 0 Å². The molecule has 2 fully saturated rings. The van der Waals surface area contributed by atoms with Gasteiger partial charge in [0.05, 0.1) is 12.4 Å². The highest BCUT2D eigenvalue weighted by molar-refractivity contribution is 5.14. The summed E-state index contributed by atoms with van der Waals surface area (Å²) in [6.07, 6.45) is 7.09. The Bertz CT molecular complexity index is 432. The minimum absolute atomic E-state index is 0.0793. The van der Waals surface area contributed by atoms with E-state index in [1.165, 1.54) is 24.8 Å². The smallest absolute Gasteiger partial charge is 0.135 e. The molecule has 1 aliphatic carbocycles. The molecule has 0 radical (unpaired) electrons. The van der Waals surface area contributed by atoms with Crippen LogP contribution in [-0.4, -0.2) is 11.7 Å². The molecular weight excluding hydrogens is 236 g/mol. The Kier molecular flexibility index (Phi) is 3.61. The SMILES string of the molecule is C=C1CC(OCc2ccccc2)C2(CCCCC2)O1. The molecule has 1 unspecified atom stereocenters. The van der Waals surface area contributed by atoms with Crippen LogP contribution < -0.4 is 0 Å². The van der Waals surface area contributed by atoms with Gasteiger partial charge in [-0.25, -0.2) is 0 Å². The van der Waals surface area contributed by atoms with E-state index in [0.29, 0.717) is 6.61 Å². The third-order valence-corrected chi connectivity index (χ3v) is 4.34. The van der Waals surface area contributed by atoms with Gasteiger partial charge in [0.25, 0.3) is 0 Å². The van der Waals surface area contributed by atoms with Crippen LogP contribution in [0.25, 0.3) is 0 Å². The van der Waals surface area contributed by atoms with Gasteiger partial charge in [-0.1, -0.05) is 43.3 Å². The highest BCUT2D eigenvalue weighted by Gasteiger charge is 2.48. The van der Waals surface area contributed by atoms with Crippen LogP contribution in [0.2, 0.25) is 0 Å². The first kappa shape index (κ1) is 12.7. The van der Waals surface area contributed by atoms with Gasteiger partial charge in [-0.3, -0.25) is 0 Å². The molecule has 1 aromatic rings. The number of hydrogen-bond donors (Lipinski definition) is 0. The molecule has 2 nitrogen and oxygen atoms in total. The molecule has 1 saturated carbocycles. The molecule has 2 heteroatoms. The predicted molar refractivity (Wildman–Crippen MR) is 75.7 cm³/mol. The van der Waals surface area contributed by atoms with E-state index in [1.54, 1.807) is 0 Å². The van der Waals surface area contributed by atoms with Crippen LogP contribution in [0, 0.1) is 0 Å². The highest BCUT2D eigenvalue weighted by Crippen LogP contribution is 2.44. The van der Waals surface area contributed by atoms with E-state index in [-0.39, 0.29) is 11.7 Å². The van der Waals surface area contributed by atoms with Gasteiger partial charge in [0.2, 0.25) is 0 Å². The van der Waals surface area contributed by atoms with Crippen molar-refractivity contribution in [1.82, 2.24) is 0 Å². The quantitative estimate of drug-likeness (QED) is 0.808. The monoisotopic (exact) mass is 258 g/mol. The summed E-state index contributed by atoms with van der Waals surface area (Å²) in [5, 5.41) is 0. The molecule has 3 rings (SSSR count). The fourth-order valence-corrected chi connectivity index (χ4v) is 3.34. The molecule has 102 valence electrons. The molecule has 1 aliphatic heterocycles. The van der Waals surface area contributed by atoms with E-state index >= 15 is 0 Å². The third kappa shape index (κ3) is 2.69. The summed E-state index contributed by atoms with van der Waals surface area (Å²) in [4.78, 5) is 0. The molecule has 0 aromatic heterocycles. The maximum atomic E-state index is 6.17. The molecular formula is C17H22O2. The summed E-state index contributed by atoms with van der Waals surface area (Å²) in [5.41, 5.74) is 1.15. The molecule has 1 saturated heterocycles. The lowest BCUT2D eigenvalue weighted by Crippen LogP contribution is -2.42. The average molecular weight is 258 g/mol. The van der Waals surface area contributed by atoms with Crippen LogP contribution in [0.5, 0.6) is 0 Å². The van der Waals surface area contributed by atoms with E-state index in [1.807, 2.05) is 6.07 Å². The van der Waals surface area contributed by atoms with E-state index in [0.717, 1.165) is 25.0 Å². The summed E-state index contributed by atoms with van der Waals surface area (Å²) < 4.78 is 12.2. The Morgan fingerprint density at radius 2 is 1.89 bits per heavy atom. The van der Waals surface area contributed by atoms with Crippen molar-refractivity contribution >= 4 is 0 Å². The summed E-state index contributed by atoms with van der Waals surface area (Å²) in [7, 11) is 0. The van der Waals surface area contributed by atoms with Gasteiger partial charge in [0.1, 0.15) is 11.7 Å². The number of hydrogen-bond acceptors (Lipinski definition) is 2. The zero-order chi connectivity index (χ0) is 13.1. The largest absolute Gasteiger partial charge is 0.489 e. The minimum Gasteiger partial charge on any atom is -0.489 e. The average Bonchev–Trinajstić information content (AvgIpc) is 2.74. The van der Waals surface area contributed by atoms with Gasteiger partial charge in [-0.05, 0) is 31.2 Å². The number of ether oxygens (including phenoxy) is 2. The second-order valence-electron chi connectivity index (χ2n) is 5.76. The summed E-state index contributed by atoms with van der Waals surface area (Å²) in [5.74, 6) is 0.903. The van der Waals surface area contributed by atoms with E-state index in [9.17, 15) is 0 Å². The molecule has 1 heterocycles. The second-order valence-corrected chi connectivity index (χ2v) is 5.76. The van der Waals surface area contributed by atoms with Gasteiger partial charge >= 0.3 is 0 Å². The number of benzene rings is 1. The number of rotatable bonds is 3. The fourth-order valence-electron chi connectivity index (χ4n) is 3.34. The molecule has 1 aromatic carbocycles. The van der Waals surface area contributed by atoms with Crippen molar-refractivity contribution in [2.45, 2.75) is 56.8 Å². The molecule has 1 spiro atoms. The Hall–Kier alpha value is -1.28. The van der Waals surface area contributed by atoms with Gasteiger partial charge in [-0.15, -0.1) is 0 Å². The van der Waals surface area contributed by atoms with Crippen molar-refractivity contribution in [3.8, 4) is 0 Å². The second kappa shape index (κ2) is 5.38. The lowest BCUT2D eigenvalue weighted by Gasteiger charge is -2.37. The van der Waals surface area contributed by atoms with E-state index in [4.69, 9.17) is 9.47 Å². The molecule has 1 atom stereocenters. The topological polar surface area (TPSA) is 18.5 Å². The van der Waals surface area contributed by atoms with Gasteiger partial charge in [0, 0.05) is 6.42 Å². The summed E-state index contributed by atoms with van der Waals surface area (Å²) in [6.45, 7) is 4.68. The third-order valence-electron chi connectivity index (χ3n) is 4.34. The van der Waals surface area contributed by atoms with Gasteiger partial charge < -0.3 is 9.47 Å². The van der Waals surface area contributed by atoms with Crippen LogP contribution >= 0.6 is 0 Å². The normalized spacial score (nSPS) is 25.5.